The second kappa shape index (κ2) is 7.79. The number of hydrogen-bond donors (Lipinski definition) is 1. The molecular formula is C15H20N2O3S. The van der Waals surface area contributed by atoms with Gasteiger partial charge in [0, 0.05) is 12.1 Å². The zero-order valence-corrected chi connectivity index (χ0v) is 13.1. The van der Waals surface area contributed by atoms with E-state index in [-0.39, 0.29) is 18.6 Å². The van der Waals surface area contributed by atoms with E-state index in [1.165, 1.54) is 0 Å². The third-order valence-corrected chi connectivity index (χ3v) is 4.57. The predicted molar refractivity (Wildman–Crippen MR) is 82.7 cm³/mol. The normalized spacial score (nSPS) is 11.1. The SMILES string of the molecule is CC(C)c1ccc(NC(=O)CS(=O)(=O)CCCC#N)cc1. The average Bonchev–Trinajstić information content (AvgIpc) is 2.38. The van der Waals surface area contributed by atoms with Crippen LogP contribution < -0.4 is 5.32 Å². The van der Waals surface area contributed by atoms with Crippen molar-refractivity contribution in [2.45, 2.75) is 32.6 Å². The molecule has 0 aromatic heterocycles. The Morgan fingerprint density at radius 1 is 1.29 bits per heavy atom. The second-order valence-electron chi connectivity index (χ2n) is 5.18. The number of anilines is 1. The Labute approximate surface area is 125 Å². The Hall–Kier alpha value is -1.87. The average molecular weight is 308 g/mol. The Bertz CT molecular complexity index is 613. The molecular weight excluding hydrogens is 288 g/mol. The van der Waals surface area contributed by atoms with Gasteiger partial charge in [-0.15, -0.1) is 0 Å². The first kappa shape index (κ1) is 17.2. The molecule has 0 radical (unpaired) electrons. The standard InChI is InChI=1S/C15H20N2O3S/c1-12(2)13-5-7-14(8-6-13)17-15(18)11-21(19,20)10-4-3-9-16/h5-8,12H,3-4,10-11H2,1-2H3,(H,17,18). The number of rotatable bonds is 7. The molecule has 1 amide bonds. The van der Waals surface area contributed by atoms with Crippen LogP contribution in [0.5, 0.6) is 0 Å². The van der Waals surface area contributed by atoms with E-state index in [2.05, 4.69) is 19.2 Å². The Morgan fingerprint density at radius 2 is 1.90 bits per heavy atom. The van der Waals surface area contributed by atoms with Gasteiger partial charge in [-0.3, -0.25) is 4.79 Å². The highest BCUT2D eigenvalue weighted by Crippen LogP contribution is 2.17. The predicted octanol–water partition coefficient (Wildman–Crippen LogP) is 2.47. The monoisotopic (exact) mass is 308 g/mol. The van der Waals surface area contributed by atoms with Crippen LogP contribution >= 0.6 is 0 Å². The molecule has 0 aliphatic carbocycles. The van der Waals surface area contributed by atoms with Gasteiger partial charge in [0.05, 0.1) is 11.8 Å². The molecule has 21 heavy (non-hydrogen) atoms. The fourth-order valence-corrected chi connectivity index (χ4v) is 2.99. The lowest BCUT2D eigenvalue weighted by atomic mass is 10.0. The minimum atomic E-state index is -3.46. The van der Waals surface area contributed by atoms with E-state index in [0.717, 1.165) is 5.56 Å². The summed E-state index contributed by atoms with van der Waals surface area (Å²) in [5.41, 5.74) is 1.73. The number of carbonyl (C=O) groups is 1. The minimum absolute atomic E-state index is 0.139. The molecule has 1 aromatic rings. The highest BCUT2D eigenvalue weighted by molar-refractivity contribution is 7.92. The van der Waals surface area contributed by atoms with Crippen molar-refractivity contribution in [3.8, 4) is 6.07 Å². The lowest BCUT2D eigenvalue weighted by Crippen LogP contribution is -2.24. The molecule has 1 rings (SSSR count). The van der Waals surface area contributed by atoms with Gasteiger partial charge < -0.3 is 5.32 Å². The number of sulfone groups is 1. The summed E-state index contributed by atoms with van der Waals surface area (Å²) in [6.45, 7) is 4.14. The minimum Gasteiger partial charge on any atom is -0.325 e. The molecule has 0 saturated carbocycles. The first-order valence-corrected chi connectivity index (χ1v) is 8.63. The number of unbranched alkanes of at least 4 members (excludes halogenated alkanes) is 1. The molecule has 1 N–H and O–H groups in total. The van der Waals surface area contributed by atoms with Crippen LogP contribution in [0.3, 0.4) is 0 Å². The van der Waals surface area contributed by atoms with E-state index in [9.17, 15) is 13.2 Å². The summed E-state index contributed by atoms with van der Waals surface area (Å²) in [4.78, 5) is 11.7. The molecule has 0 heterocycles. The molecule has 0 unspecified atom stereocenters. The zero-order chi connectivity index (χ0) is 15.9. The number of amides is 1. The third-order valence-electron chi connectivity index (χ3n) is 2.96. The van der Waals surface area contributed by atoms with Crippen LogP contribution in [0.1, 0.15) is 38.2 Å². The van der Waals surface area contributed by atoms with Gasteiger partial charge in [-0.05, 0) is 30.0 Å². The Kier molecular flexibility index (Phi) is 6.38. The van der Waals surface area contributed by atoms with E-state index in [0.29, 0.717) is 11.6 Å². The molecule has 0 atom stereocenters. The van der Waals surface area contributed by atoms with E-state index in [1.807, 2.05) is 18.2 Å². The van der Waals surface area contributed by atoms with Crippen LogP contribution in [-0.4, -0.2) is 25.8 Å². The van der Waals surface area contributed by atoms with Crippen LogP contribution in [0.2, 0.25) is 0 Å². The van der Waals surface area contributed by atoms with Crippen molar-refractivity contribution in [2.75, 3.05) is 16.8 Å². The zero-order valence-electron chi connectivity index (χ0n) is 12.3. The van der Waals surface area contributed by atoms with Gasteiger partial charge in [-0.1, -0.05) is 26.0 Å². The summed E-state index contributed by atoms with van der Waals surface area (Å²) >= 11 is 0. The molecule has 0 aliphatic heterocycles. The number of nitrogens with one attached hydrogen (secondary N) is 1. The number of nitriles is 1. The molecule has 0 aliphatic rings. The first-order chi connectivity index (χ1) is 9.84. The Morgan fingerprint density at radius 3 is 2.43 bits per heavy atom. The van der Waals surface area contributed by atoms with Crippen molar-refractivity contribution in [3.05, 3.63) is 29.8 Å². The molecule has 0 fully saturated rings. The summed E-state index contributed by atoms with van der Waals surface area (Å²) < 4.78 is 23.4. The van der Waals surface area contributed by atoms with Crippen LogP contribution in [0.25, 0.3) is 0 Å². The third kappa shape index (κ3) is 6.41. The second-order valence-corrected chi connectivity index (χ2v) is 7.36. The molecule has 0 bridgehead atoms. The molecule has 114 valence electrons. The van der Waals surface area contributed by atoms with Crippen LogP contribution in [0.15, 0.2) is 24.3 Å². The lowest BCUT2D eigenvalue weighted by molar-refractivity contribution is -0.113. The highest BCUT2D eigenvalue weighted by Gasteiger charge is 2.16. The Balaban J connectivity index is 2.55. The van der Waals surface area contributed by atoms with Crippen LogP contribution in [0.4, 0.5) is 5.69 Å². The van der Waals surface area contributed by atoms with Gasteiger partial charge >= 0.3 is 0 Å². The largest absolute Gasteiger partial charge is 0.325 e. The van der Waals surface area contributed by atoms with Crippen LogP contribution in [0, 0.1) is 11.3 Å². The summed E-state index contributed by atoms with van der Waals surface area (Å²) in [5.74, 6) is -0.843. The first-order valence-electron chi connectivity index (χ1n) is 6.81. The van der Waals surface area contributed by atoms with Gasteiger partial charge in [0.2, 0.25) is 5.91 Å². The van der Waals surface area contributed by atoms with Gasteiger partial charge in [0.1, 0.15) is 5.75 Å². The van der Waals surface area contributed by atoms with Gasteiger partial charge in [-0.2, -0.15) is 5.26 Å². The fourth-order valence-electron chi connectivity index (χ4n) is 1.79. The highest BCUT2D eigenvalue weighted by atomic mass is 32.2. The summed E-state index contributed by atoms with van der Waals surface area (Å²) in [6.07, 6.45) is 0.437. The molecule has 0 saturated heterocycles. The lowest BCUT2D eigenvalue weighted by Gasteiger charge is -2.08. The molecule has 6 heteroatoms. The fraction of sp³-hybridized carbons (Fsp3) is 0.467. The summed E-state index contributed by atoms with van der Waals surface area (Å²) in [7, 11) is -3.46. The smallest absolute Gasteiger partial charge is 0.239 e. The van der Waals surface area contributed by atoms with Gasteiger partial charge in [0.25, 0.3) is 0 Å². The summed E-state index contributed by atoms with van der Waals surface area (Å²) in [5, 5.41) is 10.9. The van der Waals surface area contributed by atoms with Crippen molar-refractivity contribution < 1.29 is 13.2 Å². The van der Waals surface area contributed by atoms with E-state index in [1.54, 1.807) is 12.1 Å². The van der Waals surface area contributed by atoms with Crippen molar-refractivity contribution in [1.82, 2.24) is 0 Å². The maximum absolute atomic E-state index is 11.7. The molecule has 1 aromatic carbocycles. The van der Waals surface area contributed by atoms with Crippen molar-refractivity contribution in [2.24, 2.45) is 0 Å². The molecule has 5 nitrogen and oxygen atoms in total. The maximum atomic E-state index is 11.7. The van der Waals surface area contributed by atoms with E-state index in [4.69, 9.17) is 5.26 Å². The van der Waals surface area contributed by atoms with E-state index < -0.39 is 21.5 Å². The topological polar surface area (TPSA) is 87.0 Å². The van der Waals surface area contributed by atoms with Gasteiger partial charge in [-0.25, -0.2) is 8.42 Å². The molecule has 0 spiro atoms. The van der Waals surface area contributed by atoms with Gasteiger partial charge in [0.15, 0.2) is 9.84 Å². The number of carbonyl (C=O) groups excluding carboxylic acids is 1. The number of nitrogens with zero attached hydrogens (tertiary/aromatic N) is 1. The van der Waals surface area contributed by atoms with Crippen molar-refractivity contribution in [3.63, 3.8) is 0 Å². The van der Waals surface area contributed by atoms with Crippen LogP contribution in [-0.2, 0) is 14.6 Å². The number of hydrogen-bond acceptors (Lipinski definition) is 4. The summed E-state index contributed by atoms with van der Waals surface area (Å²) in [6, 6.07) is 9.21. The maximum Gasteiger partial charge on any atom is 0.239 e. The van der Waals surface area contributed by atoms with Crippen molar-refractivity contribution in [1.29, 1.82) is 5.26 Å². The van der Waals surface area contributed by atoms with E-state index >= 15 is 0 Å². The van der Waals surface area contributed by atoms with Crippen molar-refractivity contribution >= 4 is 21.4 Å². The quantitative estimate of drug-likeness (QED) is 0.784. The number of benzene rings is 1.